The number of carbonyl (C=O) groups excluding carboxylic acids is 2. The number of nitrogens with one attached hydrogen (secondary N) is 1. The van der Waals surface area contributed by atoms with Gasteiger partial charge in [0.15, 0.2) is 5.69 Å². The fraction of sp³-hybridized carbons (Fsp3) is 0.562. The molecule has 2 atom stereocenters. The van der Waals surface area contributed by atoms with Crippen molar-refractivity contribution in [2.45, 2.75) is 38.6 Å². The molecule has 8 nitrogen and oxygen atoms in total. The summed E-state index contributed by atoms with van der Waals surface area (Å²) < 4.78 is 1.49. The van der Waals surface area contributed by atoms with Crippen molar-refractivity contribution in [3.05, 3.63) is 28.0 Å². The first-order valence-corrected chi connectivity index (χ1v) is 9.05. The van der Waals surface area contributed by atoms with E-state index in [-0.39, 0.29) is 23.4 Å². The lowest BCUT2D eigenvalue weighted by molar-refractivity contribution is -0.131. The molecule has 0 aromatic carbocycles. The fourth-order valence-electron chi connectivity index (χ4n) is 2.99. The van der Waals surface area contributed by atoms with Crippen molar-refractivity contribution in [3.63, 3.8) is 0 Å². The van der Waals surface area contributed by atoms with Gasteiger partial charge >= 0.3 is 0 Å². The molecule has 2 aromatic rings. The average Bonchev–Trinajstić information content (AvgIpc) is 3.26. The fourth-order valence-corrected chi connectivity index (χ4v) is 3.84. The highest BCUT2D eigenvalue weighted by molar-refractivity contribution is 7.09. The zero-order chi connectivity index (χ0) is 18.2. The Hall–Kier alpha value is -2.29. The van der Waals surface area contributed by atoms with Gasteiger partial charge < -0.3 is 10.2 Å². The molecule has 134 valence electrons. The number of hydrogen-bond donors (Lipinski definition) is 1. The molecule has 0 saturated carbocycles. The van der Waals surface area contributed by atoms with Crippen LogP contribution < -0.4 is 5.32 Å². The summed E-state index contributed by atoms with van der Waals surface area (Å²) in [7, 11) is 1.71. The average molecular weight is 362 g/mol. The van der Waals surface area contributed by atoms with Gasteiger partial charge in [0, 0.05) is 31.2 Å². The number of likely N-dealkylation sites (tertiary alicyclic amines) is 1. The van der Waals surface area contributed by atoms with Gasteiger partial charge in [-0.3, -0.25) is 14.3 Å². The Balaban J connectivity index is 1.63. The van der Waals surface area contributed by atoms with Gasteiger partial charge in [-0.05, 0) is 27.2 Å². The van der Waals surface area contributed by atoms with Gasteiger partial charge in [0.25, 0.3) is 5.91 Å². The van der Waals surface area contributed by atoms with Crippen molar-refractivity contribution >= 4 is 23.2 Å². The summed E-state index contributed by atoms with van der Waals surface area (Å²) >= 11 is 1.51. The van der Waals surface area contributed by atoms with E-state index in [1.54, 1.807) is 18.1 Å². The van der Waals surface area contributed by atoms with Crippen LogP contribution in [0.4, 0.5) is 0 Å². The number of amides is 2. The van der Waals surface area contributed by atoms with Gasteiger partial charge in [0.1, 0.15) is 5.01 Å². The predicted octanol–water partition coefficient (Wildman–Crippen LogP) is 1.10. The first kappa shape index (κ1) is 17.5. The van der Waals surface area contributed by atoms with Crippen LogP contribution in [0.5, 0.6) is 0 Å². The second-order valence-electron chi connectivity index (χ2n) is 6.85. The lowest BCUT2D eigenvalue weighted by Gasteiger charge is -2.26. The van der Waals surface area contributed by atoms with Gasteiger partial charge in [-0.1, -0.05) is 5.21 Å². The number of aryl methyl sites for hydroxylation is 2. The number of hydrogen-bond acceptors (Lipinski definition) is 6. The number of thiazole rings is 1. The smallest absolute Gasteiger partial charge is 0.273 e. The van der Waals surface area contributed by atoms with Crippen molar-refractivity contribution in [1.29, 1.82) is 0 Å². The van der Waals surface area contributed by atoms with Crippen molar-refractivity contribution in [3.8, 4) is 0 Å². The van der Waals surface area contributed by atoms with E-state index >= 15 is 0 Å². The standard InChI is InChI=1S/C16H22N6O2S/c1-10-8-25-14(17-10)11(2)15(24)22-6-5-16(3,9-22)18-13(23)12-7-21(4)20-19-12/h7-8,11H,5-6,9H2,1-4H3,(H,18,23). The number of nitrogens with zero attached hydrogens (tertiary/aromatic N) is 5. The summed E-state index contributed by atoms with van der Waals surface area (Å²) in [6.45, 7) is 6.85. The molecule has 1 saturated heterocycles. The third kappa shape index (κ3) is 3.71. The summed E-state index contributed by atoms with van der Waals surface area (Å²) in [4.78, 5) is 31.3. The molecule has 2 amide bonds. The number of rotatable bonds is 4. The largest absolute Gasteiger partial charge is 0.344 e. The molecule has 0 aliphatic carbocycles. The van der Waals surface area contributed by atoms with Gasteiger partial charge in [-0.15, -0.1) is 16.4 Å². The molecular formula is C16H22N6O2S. The minimum Gasteiger partial charge on any atom is -0.344 e. The molecule has 3 rings (SSSR count). The van der Waals surface area contributed by atoms with Crippen LogP contribution in [-0.2, 0) is 11.8 Å². The summed E-state index contributed by atoms with van der Waals surface area (Å²) in [5.74, 6) is -0.489. The number of carbonyl (C=O) groups is 2. The van der Waals surface area contributed by atoms with Crippen molar-refractivity contribution in [1.82, 2.24) is 30.2 Å². The van der Waals surface area contributed by atoms with Crippen molar-refractivity contribution in [2.75, 3.05) is 13.1 Å². The van der Waals surface area contributed by atoms with Crippen LogP contribution in [0.1, 0.15) is 47.4 Å². The molecule has 25 heavy (non-hydrogen) atoms. The zero-order valence-electron chi connectivity index (χ0n) is 14.8. The van der Waals surface area contributed by atoms with E-state index in [0.717, 1.165) is 10.7 Å². The second kappa shape index (κ2) is 6.55. The maximum absolute atomic E-state index is 12.8. The van der Waals surface area contributed by atoms with Gasteiger partial charge in [-0.2, -0.15) is 0 Å². The summed E-state index contributed by atoms with van der Waals surface area (Å²) in [5, 5.41) is 13.4. The molecule has 3 heterocycles. The molecule has 0 radical (unpaired) electrons. The molecule has 0 spiro atoms. The Labute approximate surface area is 150 Å². The highest BCUT2D eigenvalue weighted by atomic mass is 32.1. The first-order chi connectivity index (χ1) is 11.8. The van der Waals surface area contributed by atoms with Crippen molar-refractivity contribution < 1.29 is 9.59 Å². The third-order valence-electron chi connectivity index (χ3n) is 4.41. The predicted molar refractivity (Wildman–Crippen MR) is 93.3 cm³/mol. The normalized spacial score (nSPS) is 21.4. The highest BCUT2D eigenvalue weighted by Gasteiger charge is 2.39. The monoisotopic (exact) mass is 362 g/mol. The molecule has 2 aromatic heterocycles. The molecule has 1 aliphatic rings. The highest BCUT2D eigenvalue weighted by Crippen LogP contribution is 2.27. The minimum absolute atomic E-state index is 0.0480. The molecule has 1 fully saturated rings. The Kier molecular flexibility index (Phi) is 4.59. The Morgan fingerprint density at radius 2 is 2.20 bits per heavy atom. The van der Waals surface area contributed by atoms with E-state index in [1.165, 1.54) is 16.0 Å². The van der Waals surface area contributed by atoms with Gasteiger partial charge in [-0.25, -0.2) is 4.98 Å². The Morgan fingerprint density at radius 3 is 2.80 bits per heavy atom. The van der Waals surface area contributed by atoms with Crippen LogP contribution in [0.2, 0.25) is 0 Å². The lowest BCUT2D eigenvalue weighted by Crippen LogP contribution is -2.49. The van der Waals surface area contributed by atoms with E-state index in [4.69, 9.17) is 0 Å². The Morgan fingerprint density at radius 1 is 1.44 bits per heavy atom. The van der Waals surface area contributed by atoms with E-state index in [0.29, 0.717) is 19.5 Å². The zero-order valence-corrected chi connectivity index (χ0v) is 15.6. The van der Waals surface area contributed by atoms with Crippen molar-refractivity contribution in [2.24, 2.45) is 7.05 Å². The van der Waals surface area contributed by atoms with Crippen LogP contribution in [0.25, 0.3) is 0 Å². The van der Waals surface area contributed by atoms with Crippen LogP contribution in [0.15, 0.2) is 11.6 Å². The van der Waals surface area contributed by atoms with Gasteiger partial charge in [0.05, 0.1) is 17.7 Å². The molecule has 0 bridgehead atoms. The van der Waals surface area contributed by atoms with E-state index in [9.17, 15) is 9.59 Å². The molecule has 2 unspecified atom stereocenters. The maximum Gasteiger partial charge on any atom is 0.273 e. The second-order valence-corrected chi connectivity index (χ2v) is 7.74. The summed E-state index contributed by atoms with van der Waals surface area (Å²) in [5.41, 5.74) is 0.741. The molecule has 9 heteroatoms. The van der Waals surface area contributed by atoms with Gasteiger partial charge in [0.2, 0.25) is 5.91 Å². The van der Waals surface area contributed by atoms with Crippen LogP contribution in [-0.4, -0.2) is 55.3 Å². The molecule has 1 N–H and O–H groups in total. The van der Waals surface area contributed by atoms with Crippen LogP contribution in [0.3, 0.4) is 0 Å². The quantitative estimate of drug-likeness (QED) is 0.879. The van der Waals surface area contributed by atoms with E-state index < -0.39 is 5.54 Å². The molecule has 1 aliphatic heterocycles. The molecular weight excluding hydrogens is 340 g/mol. The SMILES string of the molecule is Cc1csc(C(C)C(=O)N2CCC(C)(NC(=O)c3cn(C)nn3)C2)n1. The maximum atomic E-state index is 12.8. The van der Waals surface area contributed by atoms with E-state index in [2.05, 4.69) is 20.6 Å². The minimum atomic E-state index is -0.469. The van der Waals surface area contributed by atoms with Crippen LogP contribution >= 0.6 is 11.3 Å². The third-order valence-corrected chi connectivity index (χ3v) is 5.56. The van der Waals surface area contributed by atoms with E-state index in [1.807, 2.05) is 26.2 Å². The summed E-state index contributed by atoms with van der Waals surface area (Å²) in [6, 6.07) is 0. The number of aromatic nitrogens is 4. The topological polar surface area (TPSA) is 93.0 Å². The summed E-state index contributed by atoms with van der Waals surface area (Å²) in [6.07, 6.45) is 2.28. The van der Waals surface area contributed by atoms with Crippen LogP contribution in [0, 0.1) is 6.92 Å². The lowest BCUT2D eigenvalue weighted by atomic mass is 10.0. The first-order valence-electron chi connectivity index (χ1n) is 8.17. The Bertz CT molecular complexity index is 800.